The second-order valence-electron chi connectivity index (χ2n) is 9.41. The zero-order valence-corrected chi connectivity index (χ0v) is 18.9. The molecule has 0 bridgehead atoms. The van der Waals surface area contributed by atoms with Gasteiger partial charge in [0.2, 0.25) is 5.95 Å². The van der Waals surface area contributed by atoms with E-state index in [0.29, 0.717) is 24.0 Å². The van der Waals surface area contributed by atoms with Crippen LogP contribution in [0.5, 0.6) is 5.75 Å². The Bertz CT molecular complexity index is 1120. The second-order valence-corrected chi connectivity index (χ2v) is 9.41. The predicted molar refractivity (Wildman–Crippen MR) is 119 cm³/mol. The zero-order chi connectivity index (χ0) is 24.2. The summed E-state index contributed by atoms with van der Waals surface area (Å²) in [5.74, 6) is -3.03. The molecule has 1 aliphatic carbocycles. The third-order valence-electron chi connectivity index (χ3n) is 7.09. The number of ether oxygens (including phenoxy) is 1. The molecule has 2 aliphatic heterocycles. The number of carbonyl (C=O) groups excluding carboxylic acids is 1. The number of hydrogen-bond donors (Lipinski definition) is 2. The lowest BCUT2D eigenvalue weighted by atomic mass is 9.81. The number of carbonyl (C=O) groups is 1. The number of nitrogens with one attached hydrogen (secondary N) is 1. The van der Waals surface area contributed by atoms with Gasteiger partial charge in [-0.05, 0) is 38.5 Å². The average Bonchev–Trinajstić information content (AvgIpc) is 2.80. The Balaban J connectivity index is 1.25. The van der Waals surface area contributed by atoms with Crippen molar-refractivity contribution in [2.24, 2.45) is 5.92 Å². The van der Waals surface area contributed by atoms with Gasteiger partial charge in [0.1, 0.15) is 17.0 Å². The summed E-state index contributed by atoms with van der Waals surface area (Å²) >= 11 is 0. The lowest BCUT2D eigenvalue weighted by Crippen LogP contribution is -2.64. The third kappa shape index (κ3) is 3.62. The van der Waals surface area contributed by atoms with E-state index in [4.69, 9.17) is 4.74 Å². The molecule has 182 valence electrons. The van der Waals surface area contributed by atoms with Crippen LogP contribution >= 0.6 is 0 Å². The van der Waals surface area contributed by atoms with E-state index in [1.54, 1.807) is 23.8 Å². The molecule has 34 heavy (non-hydrogen) atoms. The maximum absolute atomic E-state index is 13.3. The van der Waals surface area contributed by atoms with E-state index in [9.17, 15) is 23.1 Å². The highest BCUT2D eigenvalue weighted by molar-refractivity contribution is 6.08. The van der Waals surface area contributed by atoms with Crippen LogP contribution in [0.25, 0.3) is 0 Å². The summed E-state index contributed by atoms with van der Waals surface area (Å²) in [5, 5.41) is 13.3. The maximum atomic E-state index is 13.3. The maximum Gasteiger partial charge on any atom is 0.255 e. The first-order chi connectivity index (χ1) is 16.2. The largest absolute Gasteiger partial charge is 0.493 e. The molecule has 1 aromatic heterocycles. The lowest BCUT2D eigenvalue weighted by molar-refractivity contribution is -0.125. The number of hydrogen-bond acceptors (Lipinski definition) is 7. The van der Waals surface area contributed by atoms with Gasteiger partial charge in [-0.1, -0.05) is 0 Å². The Hall–Kier alpha value is -3.08. The Labute approximate surface area is 194 Å². The molecule has 0 saturated heterocycles. The van der Waals surface area contributed by atoms with E-state index >= 15 is 0 Å². The zero-order valence-electron chi connectivity index (χ0n) is 18.9. The molecule has 0 spiro atoms. The van der Waals surface area contributed by atoms with Crippen LogP contribution in [0.15, 0.2) is 12.1 Å². The molecule has 1 fully saturated rings. The van der Waals surface area contributed by atoms with Crippen LogP contribution in [-0.4, -0.2) is 59.4 Å². The van der Waals surface area contributed by atoms with E-state index in [2.05, 4.69) is 15.3 Å². The third-order valence-corrected chi connectivity index (χ3v) is 7.09. The van der Waals surface area contributed by atoms with Gasteiger partial charge in [-0.15, -0.1) is 0 Å². The average molecular weight is 477 g/mol. The summed E-state index contributed by atoms with van der Waals surface area (Å²) in [6, 6.07) is 1.77. The van der Waals surface area contributed by atoms with E-state index in [1.807, 2.05) is 0 Å². The van der Waals surface area contributed by atoms with Crippen LogP contribution in [0.1, 0.15) is 31.9 Å². The van der Waals surface area contributed by atoms with Gasteiger partial charge in [-0.3, -0.25) is 4.79 Å². The number of aliphatic hydroxyl groups excluding tert-OH is 1. The van der Waals surface area contributed by atoms with E-state index in [1.165, 1.54) is 0 Å². The molecule has 1 atom stereocenters. The standard InChI is InChI=1S/C23H26F3N5O3/c1-23(11-32)21(33)31-5-3-4-17-19(31)20(30(23)2)29-22(28-17)27-13-6-12(7-13)10-34-14-8-15(24)18(26)16(25)9-14/h8-9,12-13,32H,3-7,10-11H2,1-2H3,(H,27,28,29)/t12?,13?,23-/m0/s1. The summed E-state index contributed by atoms with van der Waals surface area (Å²) in [7, 11) is 1.75. The molecule has 0 unspecified atom stereocenters. The Morgan fingerprint density at radius 3 is 2.62 bits per heavy atom. The molecule has 8 nitrogen and oxygen atoms in total. The van der Waals surface area contributed by atoms with E-state index < -0.39 is 23.0 Å². The van der Waals surface area contributed by atoms with Crippen molar-refractivity contribution in [3.63, 3.8) is 0 Å². The van der Waals surface area contributed by atoms with Gasteiger partial charge < -0.3 is 25.0 Å². The van der Waals surface area contributed by atoms with Crippen molar-refractivity contribution in [2.75, 3.05) is 41.9 Å². The van der Waals surface area contributed by atoms with Crippen LogP contribution in [0, 0.1) is 23.4 Å². The summed E-state index contributed by atoms with van der Waals surface area (Å²) in [6.07, 6.45) is 3.01. The molecular formula is C23H26F3N5O3. The monoisotopic (exact) mass is 477 g/mol. The fourth-order valence-electron chi connectivity index (χ4n) is 4.80. The first kappa shape index (κ1) is 22.7. The van der Waals surface area contributed by atoms with Gasteiger partial charge in [0.25, 0.3) is 5.91 Å². The molecule has 2 aromatic rings. The molecule has 0 radical (unpaired) electrons. The van der Waals surface area contributed by atoms with Crippen LogP contribution in [0.4, 0.5) is 30.6 Å². The smallest absolute Gasteiger partial charge is 0.255 e. The molecule has 1 amide bonds. The minimum absolute atomic E-state index is 0.0426. The number of rotatable bonds is 6. The topological polar surface area (TPSA) is 90.8 Å². The number of likely N-dealkylation sites (N-methyl/N-ethyl adjacent to an activating group) is 1. The summed E-state index contributed by atoms with van der Waals surface area (Å²) in [6.45, 7) is 2.21. The number of aryl methyl sites for hydroxylation is 1. The number of amides is 1. The van der Waals surface area contributed by atoms with Crippen molar-refractivity contribution in [1.29, 1.82) is 0 Å². The fourth-order valence-corrected chi connectivity index (χ4v) is 4.80. The van der Waals surface area contributed by atoms with Crippen LogP contribution in [0.3, 0.4) is 0 Å². The number of aliphatic hydroxyl groups is 1. The van der Waals surface area contributed by atoms with Crippen molar-refractivity contribution in [2.45, 2.75) is 44.2 Å². The highest BCUT2D eigenvalue weighted by atomic mass is 19.2. The van der Waals surface area contributed by atoms with Gasteiger partial charge in [0, 0.05) is 31.8 Å². The van der Waals surface area contributed by atoms with E-state index in [0.717, 1.165) is 43.5 Å². The fraction of sp³-hybridized carbons (Fsp3) is 0.522. The van der Waals surface area contributed by atoms with Gasteiger partial charge in [-0.2, -0.15) is 4.98 Å². The Morgan fingerprint density at radius 2 is 1.94 bits per heavy atom. The number of aromatic nitrogens is 2. The number of halogens is 3. The minimum Gasteiger partial charge on any atom is -0.493 e. The number of nitrogens with zero attached hydrogens (tertiary/aromatic N) is 4. The van der Waals surface area contributed by atoms with Gasteiger partial charge >= 0.3 is 0 Å². The molecule has 3 heterocycles. The lowest BCUT2D eigenvalue weighted by Gasteiger charge is -2.48. The van der Waals surface area contributed by atoms with Gasteiger partial charge in [0.05, 0.1) is 18.9 Å². The van der Waals surface area contributed by atoms with Crippen LogP contribution in [-0.2, 0) is 11.2 Å². The molecule has 11 heteroatoms. The minimum atomic E-state index is -1.51. The second kappa shape index (κ2) is 8.30. The van der Waals surface area contributed by atoms with Crippen LogP contribution < -0.4 is 19.9 Å². The molecule has 1 saturated carbocycles. The Morgan fingerprint density at radius 1 is 1.24 bits per heavy atom. The SMILES string of the molecule is CN1c2nc(NC3CC(COc4cc(F)c(F)c(F)c4)C3)nc3c2N(CCC3)C(=O)[C@]1(C)CO. The van der Waals surface area contributed by atoms with E-state index in [-0.39, 0.29) is 36.8 Å². The van der Waals surface area contributed by atoms with Crippen molar-refractivity contribution in [3.8, 4) is 5.75 Å². The molecule has 5 rings (SSSR count). The Kier molecular flexibility index (Phi) is 5.54. The molecule has 3 aliphatic rings. The van der Waals surface area contributed by atoms with Crippen molar-refractivity contribution in [1.82, 2.24) is 9.97 Å². The molecular weight excluding hydrogens is 451 g/mol. The highest BCUT2D eigenvalue weighted by Crippen LogP contribution is 2.43. The molecule has 2 N–H and O–H groups in total. The normalized spacial score (nSPS) is 25.6. The van der Waals surface area contributed by atoms with Crippen molar-refractivity contribution < 1.29 is 27.8 Å². The van der Waals surface area contributed by atoms with Crippen molar-refractivity contribution in [3.05, 3.63) is 35.3 Å². The predicted octanol–water partition coefficient (Wildman–Crippen LogP) is 2.64. The first-order valence-electron chi connectivity index (χ1n) is 11.3. The highest BCUT2D eigenvalue weighted by Gasteiger charge is 2.49. The summed E-state index contributed by atoms with van der Waals surface area (Å²) < 4.78 is 45.2. The van der Waals surface area contributed by atoms with Crippen LogP contribution in [0.2, 0.25) is 0 Å². The van der Waals surface area contributed by atoms with Gasteiger partial charge in [0.15, 0.2) is 23.3 Å². The summed E-state index contributed by atoms with van der Waals surface area (Å²) in [5.41, 5.74) is 0.429. The summed E-state index contributed by atoms with van der Waals surface area (Å²) in [4.78, 5) is 25.8. The van der Waals surface area contributed by atoms with Crippen molar-refractivity contribution >= 4 is 23.4 Å². The number of benzene rings is 1. The quantitative estimate of drug-likeness (QED) is 0.619. The number of anilines is 3. The van der Waals surface area contributed by atoms with Gasteiger partial charge in [-0.25, -0.2) is 18.2 Å². The molecule has 1 aromatic carbocycles. The first-order valence-corrected chi connectivity index (χ1v) is 11.3.